The van der Waals surface area contributed by atoms with E-state index in [0.717, 1.165) is 11.2 Å². The van der Waals surface area contributed by atoms with Crippen molar-refractivity contribution in [2.75, 3.05) is 0 Å². The van der Waals surface area contributed by atoms with Crippen molar-refractivity contribution >= 4 is 28.1 Å². The Hall–Kier alpha value is -0.620. The van der Waals surface area contributed by atoms with Gasteiger partial charge in [0, 0.05) is 16.3 Å². The van der Waals surface area contributed by atoms with Crippen LogP contribution in [0.25, 0.3) is 5.52 Å². The maximum atomic E-state index is 5.53. The van der Waals surface area contributed by atoms with Gasteiger partial charge in [-0.2, -0.15) is 0 Å². The minimum atomic E-state index is 0.497. The number of fused-ring (bicyclic) bond motifs is 1. The summed E-state index contributed by atoms with van der Waals surface area (Å²) < 4.78 is 3.18. The van der Waals surface area contributed by atoms with Crippen molar-refractivity contribution in [3.05, 3.63) is 33.9 Å². The summed E-state index contributed by atoms with van der Waals surface area (Å²) in [7, 11) is 0. The number of imidazole rings is 1. The molecule has 0 radical (unpaired) electrons. The fourth-order valence-corrected chi connectivity index (χ4v) is 1.63. The van der Waals surface area contributed by atoms with Gasteiger partial charge in [-0.25, -0.2) is 4.98 Å². The van der Waals surface area contributed by atoms with Gasteiger partial charge in [0.2, 0.25) is 0 Å². The van der Waals surface area contributed by atoms with E-state index in [9.17, 15) is 0 Å². The molecule has 2 heterocycles. The van der Waals surface area contributed by atoms with Crippen LogP contribution in [0.4, 0.5) is 0 Å². The van der Waals surface area contributed by atoms with Crippen LogP contribution in [0.5, 0.6) is 0 Å². The predicted octanol–water partition coefficient (Wildman–Crippen LogP) is 1.40. The largest absolute Gasteiger partial charge is 0.325 e. The number of nitrogens with two attached hydrogens (primary N) is 1. The first-order chi connectivity index (χ1) is 5.81. The Morgan fingerprint density at radius 2 is 2.42 bits per heavy atom. The molecule has 0 atom stereocenters. The van der Waals surface area contributed by atoms with E-state index in [1.165, 1.54) is 3.57 Å². The lowest BCUT2D eigenvalue weighted by Gasteiger charge is -1.95. The van der Waals surface area contributed by atoms with E-state index in [0.29, 0.717) is 6.54 Å². The smallest absolute Gasteiger partial charge is 0.0996 e. The number of rotatable bonds is 1. The first kappa shape index (κ1) is 8.00. The van der Waals surface area contributed by atoms with Gasteiger partial charge in [-0.1, -0.05) is 0 Å². The molecule has 0 aromatic carbocycles. The van der Waals surface area contributed by atoms with Gasteiger partial charge >= 0.3 is 0 Å². The molecule has 3 nitrogen and oxygen atoms in total. The van der Waals surface area contributed by atoms with Gasteiger partial charge in [-0.3, -0.25) is 0 Å². The van der Waals surface area contributed by atoms with Crippen LogP contribution in [0.1, 0.15) is 5.69 Å². The van der Waals surface area contributed by atoms with Gasteiger partial charge < -0.3 is 10.1 Å². The maximum Gasteiger partial charge on any atom is 0.0996 e. The van der Waals surface area contributed by atoms with Crippen molar-refractivity contribution in [1.29, 1.82) is 0 Å². The first-order valence-electron chi connectivity index (χ1n) is 3.62. The van der Waals surface area contributed by atoms with Gasteiger partial charge in [0.1, 0.15) is 0 Å². The molecule has 12 heavy (non-hydrogen) atoms. The highest BCUT2D eigenvalue weighted by Gasteiger charge is 2.01. The minimum absolute atomic E-state index is 0.497. The maximum absolute atomic E-state index is 5.53. The molecule has 0 unspecified atom stereocenters. The van der Waals surface area contributed by atoms with Crippen LogP contribution >= 0.6 is 22.6 Å². The number of nitrogens with zero attached hydrogens (tertiary/aromatic N) is 2. The van der Waals surface area contributed by atoms with Gasteiger partial charge in [0.25, 0.3) is 0 Å². The molecule has 0 fully saturated rings. The van der Waals surface area contributed by atoms with E-state index >= 15 is 0 Å². The molecule has 0 saturated carbocycles. The quantitative estimate of drug-likeness (QED) is 0.798. The molecule has 0 spiro atoms. The van der Waals surface area contributed by atoms with Gasteiger partial charge in [0.05, 0.1) is 17.5 Å². The number of aromatic nitrogens is 2. The molecule has 0 amide bonds. The Balaban J connectivity index is 2.75. The summed E-state index contributed by atoms with van der Waals surface area (Å²) in [5.74, 6) is 0. The third kappa shape index (κ3) is 1.21. The van der Waals surface area contributed by atoms with Crippen molar-refractivity contribution in [3.8, 4) is 0 Å². The molecule has 2 aromatic heterocycles. The Kier molecular flexibility index (Phi) is 2.02. The number of hydrogen-bond acceptors (Lipinski definition) is 2. The zero-order valence-electron chi connectivity index (χ0n) is 6.37. The van der Waals surface area contributed by atoms with E-state index in [1.807, 2.05) is 16.7 Å². The Morgan fingerprint density at radius 1 is 1.58 bits per heavy atom. The molecule has 0 aliphatic heterocycles. The van der Waals surface area contributed by atoms with Crippen LogP contribution in [0.2, 0.25) is 0 Å². The molecule has 2 rings (SSSR count). The van der Waals surface area contributed by atoms with Crippen LogP contribution in [0.3, 0.4) is 0 Å². The van der Waals surface area contributed by atoms with E-state index < -0.39 is 0 Å². The summed E-state index contributed by atoms with van der Waals surface area (Å²) in [6.45, 7) is 0.497. The lowest BCUT2D eigenvalue weighted by Crippen LogP contribution is -1.97. The molecule has 0 aliphatic rings. The second-order valence-electron chi connectivity index (χ2n) is 2.53. The van der Waals surface area contributed by atoms with Crippen molar-refractivity contribution in [1.82, 2.24) is 9.38 Å². The van der Waals surface area contributed by atoms with Gasteiger partial charge in [0.15, 0.2) is 0 Å². The van der Waals surface area contributed by atoms with E-state index in [1.54, 1.807) is 6.33 Å². The predicted molar refractivity (Wildman–Crippen MR) is 55.8 cm³/mol. The topological polar surface area (TPSA) is 43.3 Å². The normalized spacial score (nSPS) is 10.8. The second-order valence-corrected chi connectivity index (χ2v) is 3.78. The van der Waals surface area contributed by atoms with E-state index in [2.05, 4.69) is 33.6 Å². The highest BCUT2D eigenvalue weighted by molar-refractivity contribution is 14.1. The lowest BCUT2D eigenvalue weighted by molar-refractivity contribution is 1.02. The van der Waals surface area contributed by atoms with Crippen molar-refractivity contribution in [2.45, 2.75) is 6.54 Å². The number of pyridine rings is 1. The molecular weight excluding hydrogens is 265 g/mol. The van der Waals surface area contributed by atoms with Crippen LogP contribution in [-0.4, -0.2) is 9.38 Å². The molecule has 0 aliphatic carbocycles. The first-order valence-corrected chi connectivity index (χ1v) is 4.70. The average molecular weight is 273 g/mol. The minimum Gasteiger partial charge on any atom is -0.325 e. The summed E-state index contributed by atoms with van der Waals surface area (Å²) in [5.41, 5.74) is 7.59. The summed E-state index contributed by atoms with van der Waals surface area (Å²) in [4.78, 5) is 4.19. The van der Waals surface area contributed by atoms with Crippen molar-refractivity contribution < 1.29 is 0 Å². The molecule has 62 valence electrons. The van der Waals surface area contributed by atoms with Gasteiger partial charge in [-0.15, -0.1) is 0 Å². The standard InChI is InChI=1S/C8H8IN3/c9-6-1-2-12-5-11-7(4-10)8(12)3-6/h1-3,5H,4,10H2. The summed E-state index contributed by atoms with van der Waals surface area (Å²) >= 11 is 2.28. The number of hydrogen-bond donors (Lipinski definition) is 1. The third-order valence-electron chi connectivity index (χ3n) is 1.77. The van der Waals surface area contributed by atoms with Crippen molar-refractivity contribution in [3.63, 3.8) is 0 Å². The molecule has 0 bridgehead atoms. The van der Waals surface area contributed by atoms with Crippen molar-refractivity contribution in [2.24, 2.45) is 5.73 Å². The number of halogens is 1. The Labute approximate surface area is 83.7 Å². The Bertz CT molecular complexity index is 408. The van der Waals surface area contributed by atoms with Crippen LogP contribution < -0.4 is 5.73 Å². The highest BCUT2D eigenvalue weighted by Crippen LogP contribution is 2.12. The van der Waals surface area contributed by atoms with Crippen LogP contribution in [-0.2, 0) is 6.54 Å². The summed E-state index contributed by atoms with van der Waals surface area (Å²) in [5, 5.41) is 0. The monoisotopic (exact) mass is 273 g/mol. The molecule has 2 aromatic rings. The zero-order valence-corrected chi connectivity index (χ0v) is 8.52. The van der Waals surface area contributed by atoms with E-state index in [4.69, 9.17) is 5.73 Å². The zero-order chi connectivity index (χ0) is 8.55. The van der Waals surface area contributed by atoms with Gasteiger partial charge in [-0.05, 0) is 34.7 Å². The molecule has 0 saturated heterocycles. The summed E-state index contributed by atoms with van der Waals surface area (Å²) in [6.07, 6.45) is 3.77. The fraction of sp³-hybridized carbons (Fsp3) is 0.125. The Morgan fingerprint density at radius 3 is 3.17 bits per heavy atom. The third-order valence-corrected chi connectivity index (χ3v) is 2.45. The fourth-order valence-electron chi connectivity index (χ4n) is 1.17. The lowest BCUT2D eigenvalue weighted by atomic mass is 10.3. The van der Waals surface area contributed by atoms with Crippen LogP contribution in [0, 0.1) is 3.57 Å². The second kappa shape index (κ2) is 3.02. The average Bonchev–Trinajstić information content (AvgIpc) is 2.46. The molecule has 2 N–H and O–H groups in total. The summed E-state index contributed by atoms with van der Waals surface area (Å²) in [6, 6.07) is 4.12. The highest BCUT2D eigenvalue weighted by atomic mass is 127. The molecule has 4 heteroatoms. The SMILES string of the molecule is NCc1ncn2ccc(I)cc12. The van der Waals surface area contributed by atoms with E-state index in [-0.39, 0.29) is 0 Å². The van der Waals surface area contributed by atoms with Crippen LogP contribution in [0.15, 0.2) is 24.7 Å². The molecular formula is C8H8IN3.